The van der Waals surface area contributed by atoms with Gasteiger partial charge in [-0.15, -0.1) is 0 Å². The Bertz CT molecular complexity index is 1480. The average molecular weight is 509 g/mol. The van der Waals surface area contributed by atoms with Crippen molar-refractivity contribution in [2.24, 2.45) is 0 Å². The van der Waals surface area contributed by atoms with Crippen LogP contribution >= 0.6 is 11.6 Å². The SMILES string of the molecule is O=C(Oc1ccc(-c2ccccc2)cc1)c1ccc(NC2=C(Cl)C(=O)N(Cc3ccccc3)C2=O)cc1. The molecule has 0 saturated heterocycles. The quantitative estimate of drug-likeness (QED) is 0.188. The normalized spacial score (nSPS) is 13.2. The molecule has 0 aromatic heterocycles. The molecule has 4 aromatic carbocycles. The summed E-state index contributed by atoms with van der Waals surface area (Å²) in [6, 6.07) is 32.7. The third kappa shape index (κ3) is 5.29. The molecule has 1 aliphatic heterocycles. The molecule has 0 spiro atoms. The molecular weight excluding hydrogens is 488 g/mol. The maximum atomic E-state index is 12.9. The summed E-state index contributed by atoms with van der Waals surface area (Å²) in [4.78, 5) is 39.1. The number of carbonyl (C=O) groups excluding carboxylic acids is 3. The molecule has 0 saturated carbocycles. The maximum Gasteiger partial charge on any atom is 0.343 e. The summed E-state index contributed by atoms with van der Waals surface area (Å²) in [6.07, 6.45) is 0. The van der Waals surface area contributed by atoms with Crippen LogP contribution in [0.25, 0.3) is 11.1 Å². The number of rotatable bonds is 7. The van der Waals surface area contributed by atoms with Gasteiger partial charge in [0.25, 0.3) is 11.8 Å². The number of ether oxygens (including phenoxy) is 1. The minimum absolute atomic E-state index is 0.00331. The number of hydrogen-bond donors (Lipinski definition) is 1. The summed E-state index contributed by atoms with van der Waals surface area (Å²) in [7, 11) is 0. The van der Waals surface area contributed by atoms with E-state index in [1.807, 2.05) is 72.8 Å². The number of benzene rings is 4. The summed E-state index contributed by atoms with van der Waals surface area (Å²) < 4.78 is 5.49. The van der Waals surface area contributed by atoms with E-state index in [2.05, 4.69) is 5.32 Å². The van der Waals surface area contributed by atoms with E-state index < -0.39 is 17.8 Å². The van der Waals surface area contributed by atoms with Crippen LogP contribution in [0.4, 0.5) is 5.69 Å². The van der Waals surface area contributed by atoms with Crippen molar-refractivity contribution in [1.82, 2.24) is 4.90 Å². The molecule has 4 aromatic rings. The second-order valence-corrected chi connectivity index (χ2v) is 8.73. The van der Waals surface area contributed by atoms with Gasteiger partial charge < -0.3 is 10.1 Å². The minimum Gasteiger partial charge on any atom is -0.423 e. The molecule has 0 atom stereocenters. The summed E-state index contributed by atoms with van der Waals surface area (Å²) in [5.74, 6) is -1.16. The highest BCUT2D eigenvalue weighted by Crippen LogP contribution is 2.27. The van der Waals surface area contributed by atoms with Crippen LogP contribution in [0.2, 0.25) is 0 Å². The van der Waals surface area contributed by atoms with Gasteiger partial charge in [-0.2, -0.15) is 0 Å². The number of imide groups is 1. The lowest BCUT2D eigenvalue weighted by molar-refractivity contribution is -0.138. The van der Waals surface area contributed by atoms with E-state index in [1.165, 1.54) is 0 Å². The number of esters is 1. The first-order chi connectivity index (χ1) is 18.0. The highest BCUT2D eigenvalue weighted by molar-refractivity contribution is 6.48. The molecule has 5 rings (SSSR count). The first-order valence-corrected chi connectivity index (χ1v) is 11.9. The number of amides is 2. The lowest BCUT2D eigenvalue weighted by Gasteiger charge is -2.15. The van der Waals surface area contributed by atoms with Gasteiger partial charge in [-0.3, -0.25) is 14.5 Å². The fourth-order valence-corrected chi connectivity index (χ4v) is 4.14. The van der Waals surface area contributed by atoms with Gasteiger partial charge in [0.2, 0.25) is 0 Å². The Balaban J connectivity index is 1.22. The summed E-state index contributed by atoms with van der Waals surface area (Å²) in [5, 5.41) is 2.73. The van der Waals surface area contributed by atoms with E-state index in [9.17, 15) is 14.4 Å². The van der Waals surface area contributed by atoms with Crippen molar-refractivity contribution in [2.75, 3.05) is 5.32 Å². The molecule has 7 heteroatoms. The third-order valence-electron chi connectivity index (χ3n) is 5.86. The second-order valence-electron chi connectivity index (χ2n) is 8.35. The minimum atomic E-state index is -0.559. The highest BCUT2D eigenvalue weighted by Gasteiger charge is 2.37. The Morgan fingerprint density at radius 2 is 1.32 bits per heavy atom. The summed E-state index contributed by atoms with van der Waals surface area (Å²) >= 11 is 6.19. The Hall–Kier alpha value is -4.68. The number of anilines is 1. The molecule has 1 heterocycles. The number of hydrogen-bond acceptors (Lipinski definition) is 5. The maximum absolute atomic E-state index is 12.9. The molecule has 0 unspecified atom stereocenters. The largest absolute Gasteiger partial charge is 0.423 e. The Kier molecular flexibility index (Phi) is 6.83. The van der Waals surface area contributed by atoms with Gasteiger partial charge in [-0.25, -0.2) is 4.79 Å². The molecule has 0 radical (unpaired) electrons. The predicted molar refractivity (Wildman–Crippen MR) is 142 cm³/mol. The van der Waals surface area contributed by atoms with Gasteiger partial charge in [0.05, 0.1) is 12.1 Å². The van der Waals surface area contributed by atoms with Crippen LogP contribution in [0.15, 0.2) is 120 Å². The standard InChI is InChI=1S/C30H21ClN2O4/c31-26-27(29(35)33(28(26)34)19-20-7-3-1-4-8-20)32-24-15-11-23(12-16-24)30(36)37-25-17-13-22(14-18-25)21-9-5-2-6-10-21/h1-18,32H,19H2. The number of carbonyl (C=O) groups is 3. The van der Waals surface area contributed by atoms with Crippen LogP contribution in [-0.4, -0.2) is 22.7 Å². The fourth-order valence-electron chi connectivity index (χ4n) is 3.91. The van der Waals surface area contributed by atoms with E-state index in [0.29, 0.717) is 17.0 Å². The molecule has 6 nitrogen and oxygen atoms in total. The van der Waals surface area contributed by atoms with Crippen molar-refractivity contribution in [3.63, 3.8) is 0 Å². The van der Waals surface area contributed by atoms with Crippen molar-refractivity contribution in [3.8, 4) is 16.9 Å². The molecule has 0 bridgehead atoms. The van der Waals surface area contributed by atoms with Crippen LogP contribution in [0, 0.1) is 0 Å². The van der Waals surface area contributed by atoms with Crippen LogP contribution in [0.1, 0.15) is 15.9 Å². The number of halogens is 1. The molecule has 37 heavy (non-hydrogen) atoms. The van der Waals surface area contributed by atoms with Crippen LogP contribution in [0.3, 0.4) is 0 Å². The van der Waals surface area contributed by atoms with E-state index in [1.54, 1.807) is 36.4 Å². The van der Waals surface area contributed by atoms with E-state index in [-0.39, 0.29) is 17.3 Å². The smallest absolute Gasteiger partial charge is 0.343 e. The third-order valence-corrected chi connectivity index (χ3v) is 6.21. The molecule has 1 N–H and O–H groups in total. The molecule has 182 valence electrons. The second kappa shape index (κ2) is 10.5. The van der Waals surface area contributed by atoms with Crippen LogP contribution in [0.5, 0.6) is 5.75 Å². The van der Waals surface area contributed by atoms with Crippen molar-refractivity contribution < 1.29 is 19.1 Å². The highest BCUT2D eigenvalue weighted by atomic mass is 35.5. The van der Waals surface area contributed by atoms with Gasteiger partial charge in [-0.05, 0) is 53.1 Å². The van der Waals surface area contributed by atoms with E-state index in [0.717, 1.165) is 21.6 Å². The Labute approximate surface area is 218 Å². The van der Waals surface area contributed by atoms with E-state index >= 15 is 0 Å². The molecule has 0 aliphatic carbocycles. The first kappa shape index (κ1) is 24.0. The monoisotopic (exact) mass is 508 g/mol. The van der Waals surface area contributed by atoms with Crippen molar-refractivity contribution in [2.45, 2.75) is 6.54 Å². The van der Waals surface area contributed by atoms with Crippen molar-refractivity contribution in [1.29, 1.82) is 0 Å². The lowest BCUT2D eigenvalue weighted by atomic mass is 10.1. The summed E-state index contributed by atoms with van der Waals surface area (Å²) in [6.45, 7) is 0.122. The lowest BCUT2D eigenvalue weighted by Crippen LogP contribution is -2.31. The topological polar surface area (TPSA) is 75.7 Å². The van der Waals surface area contributed by atoms with Crippen molar-refractivity contribution in [3.05, 3.63) is 131 Å². The number of nitrogens with one attached hydrogen (secondary N) is 1. The predicted octanol–water partition coefficient (Wildman–Crippen LogP) is 6.00. The van der Waals surface area contributed by atoms with Gasteiger partial charge >= 0.3 is 5.97 Å². The van der Waals surface area contributed by atoms with Gasteiger partial charge in [0.15, 0.2) is 0 Å². The molecule has 0 fully saturated rings. The van der Waals surface area contributed by atoms with Gasteiger partial charge in [0, 0.05) is 5.69 Å². The first-order valence-electron chi connectivity index (χ1n) is 11.5. The van der Waals surface area contributed by atoms with Crippen LogP contribution in [-0.2, 0) is 16.1 Å². The van der Waals surface area contributed by atoms with E-state index in [4.69, 9.17) is 16.3 Å². The Morgan fingerprint density at radius 1 is 0.730 bits per heavy atom. The average Bonchev–Trinajstić information content (AvgIpc) is 3.13. The van der Waals surface area contributed by atoms with Crippen LogP contribution < -0.4 is 10.1 Å². The van der Waals surface area contributed by atoms with Crippen molar-refractivity contribution >= 4 is 35.1 Å². The Morgan fingerprint density at radius 3 is 1.97 bits per heavy atom. The zero-order valence-corrected chi connectivity index (χ0v) is 20.3. The molecule has 1 aliphatic rings. The molecule has 2 amide bonds. The van der Waals surface area contributed by atoms with Gasteiger partial charge in [0.1, 0.15) is 16.5 Å². The zero-order chi connectivity index (χ0) is 25.8. The number of nitrogens with zero attached hydrogens (tertiary/aromatic N) is 1. The zero-order valence-electron chi connectivity index (χ0n) is 19.6. The molecular formula is C30H21ClN2O4. The summed E-state index contributed by atoms with van der Waals surface area (Å²) in [5.41, 5.74) is 3.73. The van der Waals surface area contributed by atoms with Gasteiger partial charge in [-0.1, -0.05) is 84.4 Å². The fraction of sp³-hybridized carbons (Fsp3) is 0.0333.